The van der Waals surface area contributed by atoms with Crippen molar-refractivity contribution in [1.82, 2.24) is 0 Å². The number of aromatic hydroxyl groups is 1. The molecule has 13 heavy (non-hydrogen) atoms. The normalized spacial score (nSPS) is 12.4. The lowest BCUT2D eigenvalue weighted by Crippen LogP contribution is -2.01. The number of nitrogens with two attached hydrogens (primary N) is 1. The van der Waals surface area contributed by atoms with Gasteiger partial charge < -0.3 is 15.7 Å². The van der Waals surface area contributed by atoms with E-state index in [1.807, 2.05) is 0 Å². The first-order valence-corrected chi connectivity index (χ1v) is 5.22. The van der Waals surface area contributed by atoms with Crippen molar-refractivity contribution >= 4 is 13.8 Å². The van der Waals surface area contributed by atoms with Crippen LogP contribution < -0.4 is 5.50 Å². The maximum Gasteiger partial charge on any atom is 0.339 e. The van der Waals surface area contributed by atoms with Gasteiger partial charge in [-0.1, -0.05) is 12.1 Å². The molecule has 1 aromatic carbocycles. The average molecular weight is 199 g/mol. The third-order valence-electron chi connectivity index (χ3n) is 1.53. The fourth-order valence-corrected chi connectivity index (χ4v) is 1.61. The summed E-state index contributed by atoms with van der Waals surface area (Å²) in [5.41, 5.74) is 5.26. The number of hydrogen-bond acceptors (Lipinski definition) is 3. The van der Waals surface area contributed by atoms with E-state index < -0.39 is 13.8 Å². The van der Waals surface area contributed by atoms with Crippen molar-refractivity contribution in [3.8, 4) is 5.75 Å². The maximum atomic E-state index is 10.4. The lowest BCUT2D eigenvalue weighted by molar-refractivity contribution is 0.221. The van der Waals surface area contributed by atoms with E-state index in [1.54, 1.807) is 12.1 Å². The van der Waals surface area contributed by atoms with Gasteiger partial charge in [-0.3, -0.25) is 0 Å². The summed E-state index contributed by atoms with van der Waals surface area (Å²) in [6.45, 7) is 0. The second-order valence-electron chi connectivity index (χ2n) is 2.58. The Bertz CT molecular complexity index is 299. The minimum Gasteiger partial charge on any atom is -0.508 e. The van der Waals surface area contributed by atoms with Crippen molar-refractivity contribution in [2.75, 3.05) is 0 Å². The van der Waals surface area contributed by atoms with Gasteiger partial charge in [-0.15, -0.1) is 0 Å². The lowest BCUT2D eigenvalue weighted by atomic mass is 10.2. The first-order valence-electron chi connectivity index (χ1n) is 3.62. The predicted molar refractivity (Wildman–Crippen MR) is 50.9 cm³/mol. The summed E-state index contributed by atoms with van der Waals surface area (Å²) < 4.78 is 0. The van der Waals surface area contributed by atoms with Crippen LogP contribution in [0.5, 0.6) is 5.75 Å². The van der Waals surface area contributed by atoms with E-state index in [0.29, 0.717) is 6.16 Å². The number of benzene rings is 1. The zero-order valence-corrected chi connectivity index (χ0v) is 7.74. The van der Waals surface area contributed by atoms with Crippen molar-refractivity contribution in [3.63, 3.8) is 0 Å². The minimum absolute atomic E-state index is 0.167. The van der Waals surface area contributed by atoms with Crippen LogP contribution in [-0.4, -0.2) is 15.9 Å². The summed E-state index contributed by atoms with van der Waals surface area (Å²) in [7, 11) is -1.49. The van der Waals surface area contributed by atoms with Crippen LogP contribution in [0.15, 0.2) is 24.3 Å². The fraction of sp³-hybridized carbons (Fsp3) is 0.125. The Kier molecular flexibility index (Phi) is 3.23. The quantitative estimate of drug-likeness (QED) is 0.649. The lowest BCUT2D eigenvalue weighted by Gasteiger charge is -2.05. The molecule has 0 heterocycles. The first-order chi connectivity index (χ1) is 6.09. The molecule has 0 aliphatic heterocycles. The summed E-state index contributed by atoms with van der Waals surface area (Å²) in [6.07, 6.45) is 0.338. The standard InChI is InChI=1S/C8H10NO3P/c9-13(8(11)12)5-6-1-3-7(10)4-2-6/h1-4,10H,5,9H2,(H,11,12). The Hall–Kier alpha value is -1.12. The van der Waals surface area contributed by atoms with Gasteiger partial charge in [0.25, 0.3) is 0 Å². The number of phenols is 1. The highest BCUT2D eigenvalue weighted by Crippen LogP contribution is 2.31. The van der Waals surface area contributed by atoms with Gasteiger partial charge in [-0.05, 0) is 17.7 Å². The Morgan fingerprint density at radius 2 is 1.92 bits per heavy atom. The molecule has 0 bridgehead atoms. The minimum atomic E-state index is -1.49. The van der Waals surface area contributed by atoms with Crippen LogP contribution in [-0.2, 0) is 6.16 Å². The van der Waals surface area contributed by atoms with E-state index in [0.717, 1.165) is 5.56 Å². The molecule has 1 unspecified atom stereocenters. The van der Waals surface area contributed by atoms with Crippen LogP contribution in [0.1, 0.15) is 5.56 Å². The highest BCUT2D eigenvalue weighted by atomic mass is 31.1. The van der Waals surface area contributed by atoms with Gasteiger partial charge in [-0.2, -0.15) is 0 Å². The molecule has 1 aromatic rings. The molecule has 4 nitrogen and oxygen atoms in total. The molecule has 0 saturated heterocycles. The second-order valence-corrected chi connectivity index (χ2v) is 4.22. The smallest absolute Gasteiger partial charge is 0.339 e. The Labute approximate surface area is 76.8 Å². The maximum absolute atomic E-state index is 10.4. The summed E-state index contributed by atoms with van der Waals surface area (Å²) in [4.78, 5) is 10.4. The molecule has 0 aliphatic carbocycles. The topological polar surface area (TPSA) is 83.5 Å². The molecule has 1 atom stereocenters. The van der Waals surface area contributed by atoms with E-state index in [4.69, 9.17) is 15.7 Å². The third kappa shape index (κ3) is 3.01. The molecule has 0 saturated carbocycles. The van der Waals surface area contributed by atoms with Crippen molar-refractivity contribution < 1.29 is 15.0 Å². The number of rotatable bonds is 3. The fourth-order valence-electron chi connectivity index (χ4n) is 0.866. The zero-order chi connectivity index (χ0) is 9.84. The highest BCUT2D eigenvalue weighted by molar-refractivity contribution is 7.71. The summed E-state index contributed by atoms with van der Waals surface area (Å²) in [5.74, 6) is 0.167. The number of carbonyl (C=O) groups is 1. The van der Waals surface area contributed by atoms with E-state index >= 15 is 0 Å². The van der Waals surface area contributed by atoms with Gasteiger partial charge in [0.15, 0.2) is 0 Å². The molecule has 1 rings (SSSR count). The summed E-state index contributed by atoms with van der Waals surface area (Å²) in [6, 6.07) is 6.36. The molecule has 0 fully saturated rings. The van der Waals surface area contributed by atoms with Crippen molar-refractivity contribution in [1.29, 1.82) is 0 Å². The summed E-state index contributed by atoms with van der Waals surface area (Å²) in [5, 5.41) is 17.5. The predicted octanol–water partition coefficient (Wildman–Crippen LogP) is 1.93. The molecule has 0 amide bonds. The van der Waals surface area contributed by atoms with Crippen molar-refractivity contribution in [3.05, 3.63) is 29.8 Å². The van der Waals surface area contributed by atoms with Crippen LogP contribution in [0.2, 0.25) is 0 Å². The van der Waals surface area contributed by atoms with Crippen LogP contribution in [0, 0.1) is 0 Å². The number of carboxylic acid groups (broad SMARTS) is 1. The highest BCUT2D eigenvalue weighted by Gasteiger charge is 2.11. The van der Waals surface area contributed by atoms with Gasteiger partial charge in [0.2, 0.25) is 0 Å². The van der Waals surface area contributed by atoms with Crippen molar-refractivity contribution in [2.45, 2.75) is 6.16 Å². The van der Waals surface area contributed by atoms with Gasteiger partial charge in [0.1, 0.15) is 5.75 Å². The molecule has 4 N–H and O–H groups in total. The molecule has 0 spiro atoms. The molecule has 0 aromatic heterocycles. The Morgan fingerprint density at radius 3 is 2.38 bits per heavy atom. The number of phenolic OH excluding ortho intramolecular Hbond substituents is 1. The largest absolute Gasteiger partial charge is 0.508 e. The number of hydrogen-bond donors (Lipinski definition) is 3. The van der Waals surface area contributed by atoms with Gasteiger partial charge in [0.05, 0.1) is 8.07 Å². The van der Waals surface area contributed by atoms with Crippen LogP contribution >= 0.6 is 8.07 Å². The van der Waals surface area contributed by atoms with Crippen molar-refractivity contribution in [2.24, 2.45) is 5.50 Å². The molecular formula is C8H10NO3P. The monoisotopic (exact) mass is 199 g/mol. The molecule has 70 valence electrons. The first kappa shape index (κ1) is 9.96. The average Bonchev–Trinajstić information content (AvgIpc) is 2.08. The molecule has 5 heteroatoms. The van der Waals surface area contributed by atoms with E-state index in [2.05, 4.69) is 0 Å². The SMILES string of the molecule is NP(Cc1ccc(O)cc1)C(=O)O. The van der Waals surface area contributed by atoms with E-state index in [1.165, 1.54) is 12.1 Å². The Morgan fingerprint density at radius 1 is 1.38 bits per heavy atom. The third-order valence-corrected chi connectivity index (χ3v) is 2.73. The Balaban J connectivity index is 2.64. The van der Waals surface area contributed by atoms with Gasteiger partial charge >= 0.3 is 5.71 Å². The van der Waals surface area contributed by atoms with Crippen LogP contribution in [0.4, 0.5) is 4.79 Å². The van der Waals surface area contributed by atoms with Gasteiger partial charge in [0, 0.05) is 6.16 Å². The van der Waals surface area contributed by atoms with Crippen LogP contribution in [0.3, 0.4) is 0 Å². The van der Waals surface area contributed by atoms with Gasteiger partial charge in [-0.25, -0.2) is 4.79 Å². The van der Waals surface area contributed by atoms with Crippen LogP contribution in [0.25, 0.3) is 0 Å². The zero-order valence-electron chi connectivity index (χ0n) is 6.84. The second kappa shape index (κ2) is 4.21. The van der Waals surface area contributed by atoms with E-state index in [-0.39, 0.29) is 5.75 Å². The van der Waals surface area contributed by atoms with E-state index in [9.17, 15) is 4.79 Å². The molecule has 0 radical (unpaired) electrons. The summed E-state index contributed by atoms with van der Waals surface area (Å²) >= 11 is 0. The molecule has 0 aliphatic rings. The molecular weight excluding hydrogens is 189 g/mol.